The number of fused-ring (bicyclic) bond motifs is 1. The molecule has 0 aliphatic heterocycles. The van der Waals surface area contributed by atoms with Gasteiger partial charge in [-0.3, -0.25) is 14.2 Å². The first kappa shape index (κ1) is 17.5. The van der Waals surface area contributed by atoms with Crippen LogP contribution in [0.2, 0.25) is 0 Å². The number of H-pyrrole nitrogens is 1. The van der Waals surface area contributed by atoms with Crippen LogP contribution < -0.4 is 16.6 Å². The van der Waals surface area contributed by atoms with Gasteiger partial charge < -0.3 is 14.9 Å². The predicted octanol–water partition coefficient (Wildman–Crippen LogP) is 0.937. The zero-order valence-corrected chi connectivity index (χ0v) is 14.7. The molecule has 0 aliphatic carbocycles. The monoisotopic (exact) mass is 352 g/mol. The molecule has 0 fully saturated rings. The first-order valence-corrected chi connectivity index (χ1v) is 8.25. The Morgan fingerprint density at radius 3 is 2.81 bits per heavy atom. The van der Waals surface area contributed by atoms with E-state index in [1.807, 2.05) is 30.5 Å². The molecular weight excluding hydrogens is 332 g/mol. The molecule has 0 saturated carbocycles. The summed E-state index contributed by atoms with van der Waals surface area (Å²) in [7, 11) is 2.96. The molecule has 0 atom stereocenters. The van der Waals surface area contributed by atoms with Crippen LogP contribution in [0.4, 0.5) is 0 Å². The van der Waals surface area contributed by atoms with Gasteiger partial charge in [-0.25, -0.2) is 4.79 Å². The maximum atomic E-state index is 12.0. The molecule has 26 heavy (non-hydrogen) atoms. The van der Waals surface area contributed by atoms with Crippen molar-refractivity contribution in [3.05, 3.63) is 74.7 Å². The summed E-state index contributed by atoms with van der Waals surface area (Å²) in [4.78, 5) is 38.8. The molecule has 3 aromatic rings. The third-order valence-electron chi connectivity index (χ3n) is 4.26. The molecule has 3 rings (SSSR count). The van der Waals surface area contributed by atoms with Gasteiger partial charge in [0.25, 0.3) is 5.56 Å². The van der Waals surface area contributed by atoms with Gasteiger partial charge in [0, 0.05) is 50.0 Å². The minimum Gasteiger partial charge on any atom is -0.361 e. The van der Waals surface area contributed by atoms with Crippen molar-refractivity contribution in [2.24, 2.45) is 14.1 Å². The number of hydrogen-bond acceptors (Lipinski definition) is 3. The van der Waals surface area contributed by atoms with Gasteiger partial charge in [0.05, 0.1) is 5.56 Å². The smallest absolute Gasteiger partial charge is 0.330 e. The molecule has 0 bridgehead atoms. The minimum absolute atomic E-state index is 0.279. The SMILES string of the molecule is Cn1cc(/C=C/C(=O)NCCc2c[nH]c3ccccc23)c(=O)n(C)c1=O. The Balaban J connectivity index is 1.62. The second-order valence-corrected chi connectivity index (χ2v) is 6.08. The van der Waals surface area contributed by atoms with Crippen molar-refractivity contribution in [3.8, 4) is 0 Å². The van der Waals surface area contributed by atoms with Crippen molar-refractivity contribution in [1.82, 2.24) is 19.4 Å². The van der Waals surface area contributed by atoms with Gasteiger partial charge in [0.2, 0.25) is 5.91 Å². The van der Waals surface area contributed by atoms with Crippen molar-refractivity contribution in [3.63, 3.8) is 0 Å². The van der Waals surface area contributed by atoms with Crippen LogP contribution in [0.25, 0.3) is 17.0 Å². The molecule has 0 radical (unpaired) electrons. The number of benzene rings is 1. The molecule has 0 saturated heterocycles. The van der Waals surface area contributed by atoms with Crippen LogP contribution in [0.1, 0.15) is 11.1 Å². The van der Waals surface area contributed by atoms with Crippen molar-refractivity contribution < 1.29 is 4.79 Å². The number of para-hydroxylation sites is 1. The molecular formula is C19H20N4O3. The highest BCUT2D eigenvalue weighted by atomic mass is 16.2. The van der Waals surface area contributed by atoms with Crippen LogP contribution in [-0.2, 0) is 25.3 Å². The Morgan fingerprint density at radius 1 is 1.23 bits per heavy atom. The van der Waals surface area contributed by atoms with E-state index < -0.39 is 11.2 Å². The van der Waals surface area contributed by atoms with Crippen molar-refractivity contribution in [2.75, 3.05) is 6.54 Å². The van der Waals surface area contributed by atoms with Crippen molar-refractivity contribution >= 4 is 22.9 Å². The normalized spacial score (nSPS) is 11.3. The predicted molar refractivity (Wildman–Crippen MR) is 101 cm³/mol. The van der Waals surface area contributed by atoms with Crippen LogP contribution in [0.5, 0.6) is 0 Å². The largest absolute Gasteiger partial charge is 0.361 e. The summed E-state index contributed by atoms with van der Waals surface area (Å²) in [6, 6.07) is 8.00. The molecule has 7 heteroatoms. The molecule has 7 nitrogen and oxygen atoms in total. The van der Waals surface area contributed by atoms with Gasteiger partial charge in [-0.05, 0) is 24.1 Å². The maximum absolute atomic E-state index is 12.0. The number of hydrogen-bond donors (Lipinski definition) is 2. The Kier molecular flexibility index (Phi) is 4.88. The molecule has 0 spiro atoms. The summed E-state index contributed by atoms with van der Waals surface area (Å²) in [5.41, 5.74) is 1.64. The number of amides is 1. The molecule has 2 aromatic heterocycles. The average Bonchev–Trinajstić information content (AvgIpc) is 3.05. The summed E-state index contributed by atoms with van der Waals surface area (Å²) in [6.45, 7) is 0.482. The highest BCUT2D eigenvalue weighted by molar-refractivity contribution is 5.91. The van der Waals surface area contributed by atoms with E-state index in [4.69, 9.17) is 0 Å². The lowest BCUT2D eigenvalue weighted by Gasteiger charge is -2.04. The average molecular weight is 352 g/mol. The number of nitrogens with zero attached hydrogens (tertiary/aromatic N) is 2. The fourth-order valence-electron chi connectivity index (χ4n) is 2.83. The Hall–Kier alpha value is -3.35. The van der Waals surface area contributed by atoms with Gasteiger partial charge in [-0.2, -0.15) is 0 Å². The summed E-state index contributed by atoms with van der Waals surface area (Å²) in [6.07, 6.45) is 6.78. The number of aryl methyl sites for hydroxylation is 1. The van der Waals surface area contributed by atoms with Crippen LogP contribution in [-0.4, -0.2) is 26.6 Å². The molecule has 2 heterocycles. The fourth-order valence-corrected chi connectivity index (χ4v) is 2.83. The Morgan fingerprint density at radius 2 is 2.00 bits per heavy atom. The van der Waals surface area contributed by atoms with E-state index in [9.17, 15) is 14.4 Å². The van der Waals surface area contributed by atoms with Crippen LogP contribution >= 0.6 is 0 Å². The first-order valence-electron chi connectivity index (χ1n) is 8.25. The van der Waals surface area contributed by atoms with E-state index in [1.165, 1.54) is 30.0 Å². The van der Waals surface area contributed by atoms with E-state index in [1.54, 1.807) is 7.05 Å². The van der Waals surface area contributed by atoms with E-state index in [0.717, 1.165) is 21.0 Å². The van der Waals surface area contributed by atoms with Gasteiger partial charge in [-0.15, -0.1) is 0 Å². The number of carbonyl (C=O) groups excluding carboxylic acids is 1. The maximum Gasteiger partial charge on any atom is 0.330 e. The van der Waals surface area contributed by atoms with Crippen molar-refractivity contribution in [2.45, 2.75) is 6.42 Å². The molecule has 1 aromatic carbocycles. The first-order chi connectivity index (χ1) is 12.5. The van der Waals surface area contributed by atoms with E-state index >= 15 is 0 Å². The number of carbonyl (C=O) groups is 1. The Bertz CT molecular complexity index is 1100. The summed E-state index contributed by atoms with van der Waals surface area (Å²) < 4.78 is 2.31. The standard InChI is InChI=1S/C19H20N4O3/c1-22-12-14(18(25)23(2)19(22)26)7-8-17(24)20-10-9-13-11-21-16-6-4-3-5-15(13)16/h3-8,11-12,21H,9-10H2,1-2H3,(H,20,24)/b8-7+. The highest BCUT2D eigenvalue weighted by Crippen LogP contribution is 2.17. The zero-order chi connectivity index (χ0) is 18.7. The minimum atomic E-state index is -0.434. The van der Waals surface area contributed by atoms with Crippen LogP contribution in [0, 0.1) is 0 Å². The molecule has 0 aliphatic rings. The lowest BCUT2D eigenvalue weighted by Crippen LogP contribution is -2.37. The summed E-state index contributed by atoms with van der Waals surface area (Å²) in [5, 5.41) is 3.94. The summed E-state index contributed by atoms with van der Waals surface area (Å²) >= 11 is 0. The van der Waals surface area contributed by atoms with Crippen LogP contribution in [0.3, 0.4) is 0 Å². The summed E-state index contributed by atoms with van der Waals surface area (Å²) in [5.74, 6) is -0.291. The topological polar surface area (TPSA) is 88.9 Å². The van der Waals surface area contributed by atoms with Crippen molar-refractivity contribution in [1.29, 1.82) is 0 Å². The third-order valence-corrected chi connectivity index (χ3v) is 4.26. The lowest BCUT2D eigenvalue weighted by molar-refractivity contribution is -0.116. The number of aromatic nitrogens is 3. The fraction of sp³-hybridized carbons (Fsp3) is 0.211. The van der Waals surface area contributed by atoms with E-state index in [-0.39, 0.29) is 11.5 Å². The third kappa shape index (κ3) is 3.51. The number of rotatable bonds is 5. The molecule has 2 N–H and O–H groups in total. The van der Waals surface area contributed by atoms with Gasteiger partial charge in [-0.1, -0.05) is 18.2 Å². The van der Waals surface area contributed by atoms with E-state index in [2.05, 4.69) is 10.3 Å². The van der Waals surface area contributed by atoms with Gasteiger partial charge in [0.1, 0.15) is 0 Å². The molecule has 1 amide bonds. The molecule has 134 valence electrons. The van der Waals surface area contributed by atoms with Gasteiger partial charge in [0.15, 0.2) is 0 Å². The highest BCUT2D eigenvalue weighted by Gasteiger charge is 2.05. The second kappa shape index (κ2) is 7.26. The zero-order valence-electron chi connectivity index (χ0n) is 14.7. The van der Waals surface area contributed by atoms with Crippen LogP contribution in [0.15, 0.2) is 52.3 Å². The quantitative estimate of drug-likeness (QED) is 0.670. The lowest BCUT2D eigenvalue weighted by atomic mass is 10.1. The number of nitrogens with one attached hydrogen (secondary N) is 2. The Labute approximate surface area is 149 Å². The van der Waals surface area contributed by atoms with Gasteiger partial charge >= 0.3 is 5.69 Å². The number of aromatic amines is 1. The second-order valence-electron chi connectivity index (χ2n) is 6.08. The van der Waals surface area contributed by atoms with E-state index in [0.29, 0.717) is 13.0 Å². The molecule has 0 unspecified atom stereocenters.